The summed E-state index contributed by atoms with van der Waals surface area (Å²) in [6.45, 7) is 7.04. The molecular formula is C27H34BrFN2O2. The molecule has 2 aromatic rings. The molecule has 33 heavy (non-hydrogen) atoms. The van der Waals surface area contributed by atoms with E-state index in [9.17, 15) is 9.18 Å². The molecule has 0 aromatic heterocycles. The van der Waals surface area contributed by atoms with Gasteiger partial charge in [-0.3, -0.25) is 4.79 Å². The van der Waals surface area contributed by atoms with Crippen molar-refractivity contribution < 1.29 is 13.9 Å². The summed E-state index contributed by atoms with van der Waals surface area (Å²) in [5.74, 6) is 0.645. The summed E-state index contributed by atoms with van der Waals surface area (Å²) >= 11 is 3.50. The van der Waals surface area contributed by atoms with Gasteiger partial charge in [0.05, 0.1) is 0 Å². The lowest BCUT2D eigenvalue weighted by Crippen LogP contribution is -2.49. The van der Waals surface area contributed by atoms with Crippen molar-refractivity contribution in [3.05, 3.63) is 63.9 Å². The number of hydrogen-bond donors (Lipinski definition) is 0. The molecule has 0 atom stereocenters. The molecule has 2 aromatic carbocycles. The van der Waals surface area contributed by atoms with Crippen LogP contribution in [0.2, 0.25) is 0 Å². The summed E-state index contributed by atoms with van der Waals surface area (Å²) in [5, 5.41) is 0. The lowest BCUT2D eigenvalue weighted by Gasteiger charge is -2.44. The van der Waals surface area contributed by atoms with E-state index in [1.54, 1.807) is 12.1 Å². The third kappa shape index (κ3) is 6.36. The molecule has 4 rings (SSSR count). The second-order valence-electron chi connectivity index (χ2n) is 9.56. The SMILES string of the molecule is CCc1cc(Br)ccc1OCC(=O)N1CCC(Cc2ccc(F)cc2)(CN2CCCC2)CC1. The number of carbonyl (C=O) groups excluding carboxylic acids is 1. The van der Waals surface area contributed by atoms with Crippen LogP contribution >= 0.6 is 15.9 Å². The Morgan fingerprint density at radius 3 is 2.42 bits per heavy atom. The molecule has 178 valence electrons. The molecule has 2 aliphatic rings. The monoisotopic (exact) mass is 516 g/mol. The van der Waals surface area contributed by atoms with Crippen molar-refractivity contribution in [2.24, 2.45) is 5.41 Å². The molecule has 4 nitrogen and oxygen atoms in total. The highest BCUT2D eigenvalue weighted by atomic mass is 79.9. The number of halogens is 2. The summed E-state index contributed by atoms with van der Waals surface area (Å²) < 4.78 is 20.4. The molecule has 1 amide bonds. The maximum absolute atomic E-state index is 13.4. The van der Waals surface area contributed by atoms with Crippen LogP contribution in [-0.4, -0.2) is 55.0 Å². The van der Waals surface area contributed by atoms with Crippen molar-refractivity contribution in [1.29, 1.82) is 0 Å². The Labute approximate surface area is 205 Å². The number of likely N-dealkylation sites (tertiary alicyclic amines) is 2. The zero-order valence-corrected chi connectivity index (χ0v) is 21.1. The Balaban J connectivity index is 1.37. The van der Waals surface area contributed by atoms with Crippen LogP contribution in [0.3, 0.4) is 0 Å². The van der Waals surface area contributed by atoms with Crippen LogP contribution < -0.4 is 4.74 Å². The lowest BCUT2D eigenvalue weighted by atomic mass is 9.73. The summed E-state index contributed by atoms with van der Waals surface area (Å²) in [6.07, 6.45) is 6.25. The molecule has 0 saturated carbocycles. The van der Waals surface area contributed by atoms with Crippen LogP contribution in [-0.2, 0) is 17.6 Å². The fourth-order valence-corrected chi connectivity index (χ4v) is 5.68. The predicted octanol–water partition coefficient (Wildman–Crippen LogP) is 5.48. The van der Waals surface area contributed by atoms with Crippen molar-refractivity contribution in [3.63, 3.8) is 0 Å². The molecule has 0 bridgehead atoms. The minimum Gasteiger partial charge on any atom is -0.483 e. The zero-order valence-electron chi connectivity index (χ0n) is 19.5. The fourth-order valence-electron chi connectivity index (χ4n) is 5.27. The zero-order chi connectivity index (χ0) is 23.3. The summed E-state index contributed by atoms with van der Waals surface area (Å²) in [4.78, 5) is 17.5. The minimum absolute atomic E-state index is 0.0523. The average Bonchev–Trinajstić information content (AvgIpc) is 3.32. The smallest absolute Gasteiger partial charge is 0.260 e. The van der Waals surface area contributed by atoms with Crippen LogP contribution in [0.1, 0.15) is 43.7 Å². The molecule has 0 N–H and O–H groups in total. The first-order valence-corrected chi connectivity index (χ1v) is 12.9. The van der Waals surface area contributed by atoms with E-state index in [2.05, 4.69) is 27.8 Å². The lowest BCUT2D eigenvalue weighted by molar-refractivity contribution is -0.136. The van der Waals surface area contributed by atoms with Crippen LogP contribution in [0.15, 0.2) is 46.9 Å². The van der Waals surface area contributed by atoms with Crippen LogP contribution in [0.25, 0.3) is 0 Å². The van der Waals surface area contributed by atoms with Crippen molar-refractivity contribution >= 4 is 21.8 Å². The molecule has 2 fully saturated rings. The predicted molar refractivity (Wildman–Crippen MR) is 133 cm³/mol. The first-order chi connectivity index (χ1) is 16.0. The molecule has 2 heterocycles. The van der Waals surface area contributed by atoms with E-state index in [0.29, 0.717) is 0 Å². The Kier molecular flexibility index (Phi) is 8.07. The highest BCUT2D eigenvalue weighted by Crippen LogP contribution is 2.37. The van der Waals surface area contributed by atoms with Gasteiger partial charge in [0.25, 0.3) is 5.91 Å². The van der Waals surface area contributed by atoms with Gasteiger partial charge >= 0.3 is 0 Å². The number of carbonyl (C=O) groups is 1. The second-order valence-corrected chi connectivity index (χ2v) is 10.5. The Morgan fingerprint density at radius 1 is 1.06 bits per heavy atom. The maximum atomic E-state index is 13.4. The normalized spacial score (nSPS) is 18.5. The molecule has 0 unspecified atom stereocenters. The molecule has 0 spiro atoms. The van der Waals surface area contributed by atoms with Gasteiger partial charge in [-0.15, -0.1) is 0 Å². The average molecular weight is 517 g/mol. The van der Waals surface area contributed by atoms with Crippen molar-refractivity contribution in [2.75, 3.05) is 39.3 Å². The largest absolute Gasteiger partial charge is 0.483 e. The van der Waals surface area contributed by atoms with E-state index in [-0.39, 0.29) is 23.7 Å². The number of piperidine rings is 1. The fraction of sp³-hybridized carbons (Fsp3) is 0.519. The number of hydrogen-bond acceptors (Lipinski definition) is 3. The Bertz CT molecular complexity index is 936. The highest BCUT2D eigenvalue weighted by molar-refractivity contribution is 9.10. The second kappa shape index (κ2) is 11.0. The first-order valence-electron chi connectivity index (χ1n) is 12.1. The molecule has 0 aliphatic carbocycles. The van der Waals surface area contributed by atoms with E-state index in [4.69, 9.17) is 4.74 Å². The van der Waals surface area contributed by atoms with Gasteiger partial charge < -0.3 is 14.5 Å². The van der Waals surface area contributed by atoms with E-state index in [0.717, 1.165) is 74.2 Å². The van der Waals surface area contributed by atoms with Crippen molar-refractivity contribution in [3.8, 4) is 5.75 Å². The Hall–Kier alpha value is -1.92. The molecule has 6 heteroatoms. The van der Waals surface area contributed by atoms with Gasteiger partial charge in [0.15, 0.2) is 6.61 Å². The molecule has 2 saturated heterocycles. The van der Waals surface area contributed by atoms with E-state index in [1.807, 2.05) is 35.2 Å². The Morgan fingerprint density at radius 2 is 1.76 bits per heavy atom. The van der Waals surface area contributed by atoms with Crippen LogP contribution in [0.5, 0.6) is 5.75 Å². The van der Waals surface area contributed by atoms with Crippen LogP contribution in [0.4, 0.5) is 4.39 Å². The van der Waals surface area contributed by atoms with Crippen molar-refractivity contribution in [1.82, 2.24) is 9.80 Å². The topological polar surface area (TPSA) is 32.8 Å². The van der Waals surface area contributed by atoms with Gasteiger partial charge in [-0.05, 0) is 98.5 Å². The number of rotatable bonds is 8. The molecule has 0 radical (unpaired) electrons. The summed E-state index contributed by atoms with van der Waals surface area (Å²) in [7, 11) is 0. The summed E-state index contributed by atoms with van der Waals surface area (Å²) in [6, 6.07) is 12.9. The van der Waals surface area contributed by atoms with Gasteiger partial charge in [0.2, 0.25) is 0 Å². The number of benzene rings is 2. The number of ether oxygens (including phenoxy) is 1. The van der Waals surface area contributed by atoms with E-state index in [1.165, 1.54) is 18.4 Å². The minimum atomic E-state index is -0.190. The third-order valence-electron chi connectivity index (χ3n) is 7.18. The third-order valence-corrected chi connectivity index (χ3v) is 7.67. The van der Waals surface area contributed by atoms with Crippen LogP contribution in [0, 0.1) is 11.2 Å². The standard InChI is InChI=1S/C27H34BrFN2O2/c1-2-22-17-23(28)7-10-25(22)33-19-26(32)31-15-11-27(12-16-31,20-30-13-3-4-14-30)18-21-5-8-24(29)9-6-21/h5-10,17H,2-4,11-16,18-20H2,1H3. The number of amides is 1. The number of nitrogens with zero attached hydrogens (tertiary/aromatic N) is 2. The molecular weight excluding hydrogens is 483 g/mol. The molecule has 2 aliphatic heterocycles. The van der Waals surface area contributed by atoms with E-state index >= 15 is 0 Å². The van der Waals surface area contributed by atoms with Gasteiger partial charge in [-0.1, -0.05) is 35.0 Å². The van der Waals surface area contributed by atoms with Crippen molar-refractivity contribution in [2.45, 2.75) is 45.4 Å². The summed E-state index contributed by atoms with van der Waals surface area (Å²) in [5.41, 5.74) is 2.40. The maximum Gasteiger partial charge on any atom is 0.260 e. The first kappa shape index (κ1) is 24.2. The highest BCUT2D eigenvalue weighted by Gasteiger charge is 2.38. The quantitative estimate of drug-likeness (QED) is 0.465. The van der Waals surface area contributed by atoms with Gasteiger partial charge in [0.1, 0.15) is 11.6 Å². The number of aryl methyl sites for hydroxylation is 1. The van der Waals surface area contributed by atoms with E-state index < -0.39 is 0 Å². The van der Waals surface area contributed by atoms with Gasteiger partial charge in [-0.2, -0.15) is 0 Å². The van der Waals surface area contributed by atoms with Gasteiger partial charge in [0, 0.05) is 24.1 Å². The van der Waals surface area contributed by atoms with Gasteiger partial charge in [-0.25, -0.2) is 4.39 Å².